The summed E-state index contributed by atoms with van der Waals surface area (Å²) in [6.07, 6.45) is 0.798. The van der Waals surface area contributed by atoms with Crippen molar-refractivity contribution in [3.8, 4) is 0 Å². The van der Waals surface area contributed by atoms with Gasteiger partial charge in [-0.3, -0.25) is 4.90 Å². The highest BCUT2D eigenvalue weighted by Crippen LogP contribution is 2.38. The highest BCUT2D eigenvalue weighted by molar-refractivity contribution is 6.30. The van der Waals surface area contributed by atoms with Gasteiger partial charge in [0.1, 0.15) is 0 Å². The molecule has 0 bridgehead atoms. The molecule has 0 spiro atoms. The number of carbonyl (C=O) groups excluding carboxylic acids is 1. The number of carboxylic acids is 1. The van der Waals surface area contributed by atoms with E-state index in [1.54, 1.807) is 0 Å². The van der Waals surface area contributed by atoms with E-state index in [0.29, 0.717) is 31.0 Å². The summed E-state index contributed by atoms with van der Waals surface area (Å²) in [6.45, 7) is 1.15. The van der Waals surface area contributed by atoms with Gasteiger partial charge in [-0.05, 0) is 36.1 Å². The Morgan fingerprint density at radius 1 is 1.20 bits per heavy atom. The predicted molar refractivity (Wildman–Crippen MR) is 95.1 cm³/mol. The Hall–Kier alpha value is -1.88. The van der Waals surface area contributed by atoms with Crippen molar-refractivity contribution in [1.29, 1.82) is 0 Å². The monoisotopic (exact) mass is 358 g/mol. The maximum Gasteiger partial charge on any atom is 0.0587 e. The van der Waals surface area contributed by atoms with E-state index in [1.165, 1.54) is 0 Å². The van der Waals surface area contributed by atoms with E-state index in [1.807, 2.05) is 54.6 Å². The van der Waals surface area contributed by atoms with Crippen LogP contribution in [0.15, 0.2) is 54.6 Å². The van der Waals surface area contributed by atoms with Crippen molar-refractivity contribution in [2.45, 2.75) is 30.8 Å². The van der Waals surface area contributed by atoms with E-state index in [0.717, 1.165) is 11.1 Å². The number of carboxylic acid groups (broad SMARTS) is 1. The van der Waals surface area contributed by atoms with Crippen LogP contribution >= 0.6 is 11.6 Å². The lowest BCUT2D eigenvalue weighted by molar-refractivity contribution is -0.316. The summed E-state index contributed by atoms with van der Waals surface area (Å²) in [7, 11) is 0. The van der Waals surface area contributed by atoms with E-state index in [-0.39, 0.29) is 12.6 Å². The Morgan fingerprint density at radius 3 is 2.48 bits per heavy atom. The van der Waals surface area contributed by atoms with E-state index in [9.17, 15) is 15.0 Å². The Balaban J connectivity index is 1.82. The summed E-state index contributed by atoms with van der Waals surface area (Å²) in [5.41, 5.74) is 0.786. The molecule has 0 aromatic heterocycles. The van der Waals surface area contributed by atoms with Crippen molar-refractivity contribution >= 4 is 17.6 Å². The van der Waals surface area contributed by atoms with E-state index in [4.69, 9.17) is 11.6 Å². The lowest BCUT2D eigenvalue weighted by atomic mass is 9.70. The number of halogens is 1. The SMILES string of the molecule is O=C([O-])[C@@]1(c2ccccc2)CCN(Cc2ccc(Cl)cc2)[C@@H](CO)C1. The Kier molecular flexibility index (Phi) is 5.42. The average molecular weight is 359 g/mol. The van der Waals surface area contributed by atoms with Crippen LogP contribution in [0.4, 0.5) is 0 Å². The Bertz CT molecular complexity index is 719. The molecular formula is C20H21ClNO3-. The van der Waals surface area contributed by atoms with Crippen molar-refractivity contribution in [2.24, 2.45) is 0 Å². The first kappa shape index (κ1) is 17.9. The van der Waals surface area contributed by atoms with Crippen LogP contribution in [0.2, 0.25) is 5.02 Å². The minimum absolute atomic E-state index is 0.0878. The lowest BCUT2D eigenvalue weighted by Gasteiger charge is -2.47. The van der Waals surface area contributed by atoms with Crippen molar-refractivity contribution < 1.29 is 15.0 Å². The molecule has 5 heteroatoms. The van der Waals surface area contributed by atoms with Gasteiger partial charge in [-0.25, -0.2) is 0 Å². The van der Waals surface area contributed by atoms with E-state index in [2.05, 4.69) is 4.90 Å². The normalized spacial score (nSPS) is 24.2. The number of aliphatic hydroxyl groups excluding tert-OH is 1. The average Bonchev–Trinajstić information content (AvgIpc) is 2.64. The van der Waals surface area contributed by atoms with Gasteiger partial charge in [-0.2, -0.15) is 0 Å². The third kappa shape index (κ3) is 3.71. The minimum atomic E-state index is -1.07. The van der Waals surface area contributed by atoms with Gasteiger partial charge in [-0.15, -0.1) is 0 Å². The van der Waals surface area contributed by atoms with Crippen LogP contribution < -0.4 is 5.11 Å². The fourth-order valence-corrected chi connectivity index (χ4v) is 3.81. The Morgan fingerprint density at radius 2 is 1.88 bits per heavy atom. The predicted octanol–water partition coefficient (Wildman–Crippen LogP) is 1.98. The molecule has 1 saturated heterocycles. The lowest BCUT2D eigenvalue weighted by Crippen LogP contribution is -2.57. The number of nitrogens with zero attached hydrogens (tertiary/aromatic N) is 1. The number of hydrogen-bond donors (Lipinski definition) is 1. The number of hydrogen-bond acceptors (Lipinski definition) is 4. The summed E-state index contributed by atoms with van der Waals surface area (Å²) >= 11 is 5.92. The van der Waals surface area contributed by atoms with Crippen molar-refractivity contribution in [2.75, 3.05) is 13.2 Å². The molecule has 0 radical (unpaired) electrons. The number of carbonyl (C=O) groups is 1. The van der Waals surface area contributed by atoms with Gasteiger partial charge in [0.25, 0.3) is 0 Å². The molecule has 2 aromatic carbocycles. The molecule has 2 aromatic rings. The molecule has 1 N–H and O–H groups in total. The zero-order chi connectivity index (χ0) is 17.9. The highest BCUT2D eigenvalue weighted by atomic mass is 35.5. The maximum atomic E-state index is 12.0. The largest absolute Gasteiger partial charge is 0.549 e. The fourth-order valence-electron chi connectivity index (χ4n) is 3.69. The standard InChI is InChI=1S/C20H22ClNO3/c21-17-8-6-15(7-9-17)13-22-11-10-20(19(24)25,12-18(22)14-23)16-4-2-1-3-5-16/h1-9,18,23H,10-14H2,(H,24,25)/p-1/t18-,20+/m1/s1. The molecule has 132 valence electrons. The molecule has 0 aliphatic carbocycles. The number of piperidine rings is 1. The van der Waals surface area contributed by atoms with Gasteiger partial charge in [0.05, 0.1) is 12.6 Å². The summed E-state index contributed by atoms with van der Waals surface area (Å²) in [4.78, 5) is 14.1. The number of benzene rings is 2. The molecule has 4 nitrogen and oxygen atoms in total. The van der Waals surface area contributed by atoms with Gasteiger partial charge in [-0.1, -0.05) is 54.1 Å². The van der Waals surface area contributed by atoms with Crippen molar-refractivity contribution in [1.82, 2.24) is 4.90 Å². The van der Waals surface area contributed by atoms with Crippen molar-refractivity contribution in [3.05, 3.63) is 70.7 Å². The van der Waals surface area contributed by atoms with Crippen LogP contribution in [0, 0.1) is 0 Å². The molecule has 3 rings (SSSR count). The maximum absolute atomic E-state index is 12.0. The Labute approximate surface area is 152 Å². The highest BCUT2D eigenvalue weighted by Gasteiger charge is 2.42. The van der Waals surface area contributed by atoms with E-state index < -0.39 is 11.4 Å². The first-order valence-corrected chi connectivity index (χ1v) is 8.79. The van der Waals surface area contributed by atoms with Crippen LogP contribution in [0.25, 0.3) is 0 Å². The molecule has 1 aliphatic heterocycles. The zero-order valence-corrected chi connectivity index (χ0v) is 14.7. The summed E-state index contributed by atoms with van der Waals surface area (Å²) in [6, 6.07) is 16.6. The van der Waals surface area contributed by atoms with Gasteiger partial charge in [0.2, 0.25) is 0 Å². The molecule has 1 fully saturated rings. The smallest absolute Gasteiger partial charge is 0.0587 e. The van der Waals surface area contributed by atoms with Crippen LogP contribution in [-0.2, 0) is 16.8 Å². The van der Waals surface area contributed by atoms with Gasteiger partial charge < -0.3 is 15.0 Å². The summed E-state index contributed by atoms with van der Waals surface area (Å²) < 4.78 is 0. The molecule has 0 unspecified atom stereocenters. The first-order valence-electron chi connectivity index (χ1n) is 8.41. The second kappa shape index (κ2) is 7.56. The fraction of sp³-hybridized carbons (Fsp3) is 0.350. The number of rotatable bonds is 5. The molecule has 1 aliphatic rings. The first-order chi connectivity index (χ1) is 12.0. The number of aliphatic hydroxyl groups is 1. The third-order valence-electron chi connectivity index (χ3n) is 5.15. The van der Waals surface area contributed by atoms with E-state index >= 15 is 0 Å². The van der Waals surface area contributed by atoms with Gasteiger partial charge >= 0.3 is 0 Å². The third-order valence-corrected chi connectivity index (χ3v) is 5.41. The number of aliphatic carboxylic acids is 1. The molecule has 25 heavy (non-hydrogen) atoms. The molecule has 2 atom stereocenters. The van der Waals surface area contributed by atoms with Crippen LogP contribution in [0.5, 0.6) is 0 Å². The van der Waals surface area contributed by atoms with Gasteiger partial charge in [0, 0.05) is 29.6 Å². The summed E-state index contributed by atoms with van der Waals surface area (Å²) in [5, 5.41) is 22.6. The van der Waals surface area contributed by atoms with Gasteiger partial charge in [0.15, 0.2) is 0 Å². The number of likely N-dealkylation sites (tertiary alicyclic amines) is 1. The van der Waals surface area contributed by atoms with Crippen LogP contribution in [-0.4, -0.2) is 35.2 Å². The van der Waals surface area contributed by atoms with Crippen LogP contribution in [0.3, 0.4) is 0 Å². The molecular weight excluding hydrogens is 338 g/mol. The minimum Gasteiger partial charge on any atom is -0.549 e. The van der Waals surface area contributed by atoms with Crippen molar-refractivity contribution in [3.63, 3.8) is 0 Å². The van der Waals surface area contributed by atoms with Crippen LogP contribution in [0.1, 0.15) is 24.0 Å². The second-order valence-electron chi connectivity index (χ2n) is 6.62. The quantitative estimate of drug-likeness (QED) is 0.887. The summed E-state index contributed by atoms with van der Waals surface area (Å²) in [5.74, 6) is -1.07. The molecule has 0 amide bonds. The second-order valence-corrected chi connectivity index (χ2v) is 7.06. The molecule has 1 heterocycles. The topological polar surface area (TPSA) is 63.6 Å². The molecule has 0 saturated carbocycles. The zero-order valence-electron chi connectivity index (χ0n) is 13.9.